The molecule has 10 heteroatoms. The Kier molecular flexibility index (Phi) is 5.43. The number of hydrogen-bond donors (Lipinski definition) is 1. The lowest BCUT2D eigenvalue weighted by molar-refractivity contribution is -0.384. The number of nitrogens with zero attached hydrogens (tertiary/aromatic N) is 4. The Hall–Kier alpha value is -4.47. The highest BCUT2D eigenvalue weighted by molar-refractivity contribution is 5.97. The van der Waals surface area contributed by atoms with Crippen LogP contribution in [0.2, 0.25) is 0 Å². The first kappa shape index (κ1) is 19.8. The third-order valence-electron chi connectivity index (χ3n) is 4.45. The molecule has 0 aliphatic rings. The van der Waals surface area contributed by atoms with Gasteiger partial charge in [-0.1, -0.05) is 12.1 Å². The van der Waals surface area contributed by atoms with Crippen LogP contribution < -0.4 is 10.1 Å². The Balaban J connectivity index is 1.64. The fourth-order valence-electron chi connectivity index (χ4n) is 2.90. The largest absolute Gasteiger partial charge is 0.497 e. The van der Waals surface area contributed by atoms with Crippen molar-refractivity contribution in [3.63, 3.8) is 0 Å². The number of methoxy groups -OCH3 is 1. The molecule has 0 aliphatic heterocycles. The summed E-state index contributed by atoms with van der Waals surface area (Å²) in [5.74, 6) is 1.02. The highest BCUT2D eigenvalue weighted by Gasteiger charge is 2.20. The first-order valence-corrected chi connectivity index (χ1v) is 9.22. The van der Waals surface area contributed by atoms with Crippen LogP contribution in [0.15, 0.2) is 71.3 Å². The van der Waals surface area contributed by atoms with Crippen LogP contribution in [0, 0.1) is 10.1 Å². The molecule has 0 radical (unpaired) electrons. The number of ether oxygens (including phenoxy) is 1. The summed E-state index contributed by atoms with van der Waals surface area (Å²) in [5, 5.41) is 18.3. The molecule has 0 unspecified atom stereocenters. The highest BCUT2D eigenvalue weighted by atomic mass is 16.6. The molecule has 0 amide bonds. The maximum Gasteiger partial charge on any atom is 0.281 e. The third kappa shape index (κ3) is 4.27. The second kappa shape index (κ2) is 8.49. The molecule has 156 valence electrons. The van der Waals surface area contributed by atoms with E-state index in [1.54, 1.807) is 55.6 Å². The summed E-state index contributed by atoms with van der Waals surface area (Å²) >= 11 is 0. The van der Waals surface area contributed by atoms with Gasteiger partial charge in [-0.15, -0.1) is 5.10 Å². The molecule has 0 spiro atoms. The van der Waals surface area contributed by atoms with Gasteiger partial charge in [-0.3, -0.25) is 14.9 Å². The van der Waals surface area contributed by atoms with Crippen LogP contribution >= 0.6 is 0 Å². The van der Waals surface area contributed by atoms with Gasteiger partial charge in [-0.2, -0.15) is 9.67 Å². The minimum absolute atomic E-state index is 0.0219. The number of nitro benzene ring substituents is 1. The number of benzene rings is 2. The summed E-state index contributed by atoms with van der Waals surface area (Å²) in [5.41, 5.74) is 1.02. The van der Waals surface area contributed by atoms with E-state index in [4.69, 9.17) is 9.15 Å². The van der Waals surface area contributed by atoms with E-state index in [1.165, 1.54) is 18.4 Å². The van der Waals surface area contributed by atoms with Crippen LogP contribution in [0.25, 0.3) is 11.6 Å². The van der Waals surface area contributed by atoms with Crippen molar-refractivity contribution in [3.8, 4) is 17.3 Å². The predicted octanol–water partition coefficient (Wildman–Crippen LogP) is 3.76. The molecule has 1 N–H and O–H groups in total. The highest BCUT2D eigenvalue weighted by Crippen LogP contribution is 2.21. The van der Waals surface area contributed by atoms with E-state index in [9.17, 15) is 14.9 Å². The monoisotopic (exact) mass is 419 g/mol. The standard InChI is InChI=1S/C21H17N5O5/c1-30-17-9-7-15(8-10-17)20(27)25-21(23-19(24-25)18-6-3-11-31-18)22-13-14-4-2-5-16(12-14)26(28)29/h2-12H,13H2,1H3,(H,22,23,24). The average molecular weight is 419 g/mol. The van der Waals surface area contributed by atoms with Gasteiger partial charge in [0.1, 0.15) is 5.75 Å². The third-order valence-corrected chi connectivity index (χ3v) is 4.45. The molecule has 2 aromatic heterocycles. The van der Waals surface area contributed by atoms with Gasteiger partial charge in [0.2, 0.25) is 11.8 Å². The summed E-state index contributed by atoms with van der Waals surface area (Å²) in [6, 6.07) is 16.2. The van der Waals surface area contributed by atoms with E-state index < -0.39 is 10.8 Å². The Morgan fingerprint density at radius 1 is 1.19 bits per heavy atom. The zero-order valence-electron chi connectivity index (χ0n) is 16.4. The number of nitro groups is 1. The number of non-ortho nitro benzene ring substituents is 1. The topological polar surface area (TPSA) is 125 Å². The van der Waals surface area contributed by atoms with Gasteiger partial charge in [0.05, 0.1) is 18.3 Å². The normalized spacial score (nSPS) is 10.6. The molecule has 0 bridgehead atoms. The predicted molar refractivity (Wildman–Crippen MR) is 111 cm³/mol. The number of anilines is 1. The molecule has 2 heterocycles. The molecular formula is C21H17N5O5. The zero-order chi connectivity index (χ0) is 21.8. The summed E-state index contributed by atoms with van der Waals surface area (Å²) in [4.78, 5) is 28.0. The van der Waals surface area contributed by atoms with E-state index in [0.29, 0.717) is 22.6 Å². The van der Waals surface area contributed by atoms with E-state index in [2.05, 4.69) is 15.4 Å². The quantitative estimate of drug-likeness (QED) is 0.355. The van der Waals surface area contributed by atoms with Crippen molar-refractivity contribution >= 4 is 17.5 Å². The second-order valence-corrected chi connectivity index (χ2v) is 6.46. The molecule has 2 aromatic carbocycles. The SMILES string of the molecule is COc1ccc(C(=O)n2nc(-c3ccco3)nc2NCc2cccc([N+](=O)[O-])c2)cc1. The van der Waals surface area contributed by atoms with Crippen molar-refractivity contribution in [3.05, 3.63) is 88.2 Å². The van der Waals surface area contributed by atoms with Gasteiger partial charge in [0.15, 0.2) is 5.76 Å². The van der Waals surface area contributed by atoms with Crippen molar-refractivity contribution in [2.75, 3.05) is 12.4 Å². The summed E-state index contributed by atoms with van der Waals surface area (Å²) in [7, 11) is 1.54. The second-order valence-electron chi connectivity index (χ2n) is 6.46. The van der Waals surface area contributed by atoms with E-state index in [-0.39, 0.29) is 24.0 Å². The number of carbonyl (C=O) groups is 1. The van der Waals surface area contributed by atoms with E-state index >= 15 is 0 Å². The van der Waals surface area contributed by atoms with Crippen molar-refractivity contribution in [2.45, 2.75) is 6.54 Å². The lowest BCUT2D eigenvalue weighted by atomic mass is 10.2. The molecule has 0 saturated carbocycles. The number of hydrogen-bond acceptors (Lipinski definition) is 8. The van der Waals surface area contributed by atoms with Gasteiger partial charge in [-0.05, 0) is 42.0 Å². The van der Waals surface area contributed by atoms with E-state index in [1.807, 2.05) is 0 Å². The molecule has 0 aliphatic carbocycles. The summed E-state index contributed by atoms with van der Waals surface area (Å²) in [6.45, 7) is 0.202. The van der Waals surface area contributed by atoms with Crippen LogP contribution in [0.4, 0.5) is 11.6 Å². The first-order valence-electron chi connectivity index (χ1n) is 9.22. The fraction of sp³-hybridized carbons (Fsp3) is 0.0952. The van der Waals surface area contributed by atoms with Gasteiger partial charge >= 0.3 is 0 Å². The Labute approximate surface area is 176 Å². The van der Waals surface area contributed by atoms with Crippen molar-refractivity contribution in [1.29, 1.82) is 0 Å². The van der Waals surface area contributed by atoms with Crippen molar-refractivity contribution < 1.29 is 18.9 Å². The smallest absolute Gasteiger partial charge is 0.281 e. The van der Waals surface area contributed by atoms with Crippen LogP contribution in [0.1, 0.15) is 15.9 Å². The molecule has 10 nitrogen and oxygen atoms in total. The molecule has 4 aromatic rings. The number of furan rings is 1. The molecule has 31 heavy (non-hydrogen) atoms. The molecule has 0 saturated heterocycles. The molecular weight excluding hydrogens is 402 g/mol. The minimum atomic E-state index is -0.464. The van der Waals surface area contributed by atoms with Crippen LogP contribution in [-0.4, -0.2) is 32.7 Å². The van der Waals surface area contributed by atoms with Crippen molar-refractivity contribution in [2.24, 2.45) is 0 Å². The van der Waals surface area contributed by atoms with Crippen LogP contribution in [-0.2, 0) is 6.54 Å². The van der Waals surface area contributed by atoms with Crippen molar-refractivity contribution in [1.82, 2.24) is 14.8 Å². The van der Waals surface area contributed by atoms with Gasteiger partial charge in [0, 0.05) is 24.2 Å². The molecule has 4 rings (SSSR count). The number of nitrogens with one attached hydrogen (secondary N) is 1. The minimum Gasteiger partial charge on any atom is -0.497 e. The number of aromatic nitrogens is 3. The average Bonchev–Trinajstić information content (AvgIpc) is 3.47. The molecule has 0 atom stereocenters. The van der Waals surface area contributed by atoms with Gasteiger partial charge in [-0.25, -0.2) is 0 Å². The fourth-order valence-corrected chi connectivity index (χ4v) is 2.90. The maximum atomic E-state index is 13.1. The number of rotatable bonds is 7. The van der Waals surface area contributed by atoms with Crippen LogP contribution in [0.3, 0.4) is 0 Å². The van der Waals surface area contributed by atoms with Gasteiger partial charge in [0.25, 0.3) is 11.6 Å². The lowest BCUT2D eigenvalue weighted by Gasteiger charge is -2.08. The van der Waals surface area contributed by atoms with E-state index in [0.717, 1.165) is 4.68 Å². The number of carbonyl (C=O) groups excluding carboxylic acids is 1. The summed E-state index contributed by atoms with van der Waals surface area (Å²) in [6.07, 6.45) is 1.48. The maximum absolute atomic E-state index is 13.1. The Bertz CT molecular complexity index is 1220. The van der Waals surface area contributed by atoms with Crippen LogP contribution in [0.5, 0.6) is 5.75 Å². The summed E-state index contributed by atoms with van der Waals surface area (Å²) < 4.78 is 11.6. The Morgan fingerprint density at radius 3 is 2.68 bits per heavy atom. The van der Waals surface area contributed by atoms with Gasteiger partial charge < -0.3 is 14.5 Å². The Morgan fingerprint density at radius 2 is 2.00 bits per heavy atom. The zero-order valence-corrected chi connectivity index (χ0v) is 16.4. The molecule has 0 fully saturated rings. The first-order chi connectivity index (χ1) is 15.0. The lowest BCUT2D eigenvalue weighted by Crippen LogP contribution is -2.17.